The van der Waals surface area contributed by atoms with Crippen LogP contribution >= 0.6 is 11.8 Å². The highest BCUT2D eigenvalue weighted by Gasteiger charge is 2.16. The van der Waals surface area contributed by atoms with Gasteiger partial charge in [0.25, 0.3) is 5.56 Å². The van der Waals surface area contributed by atoms with Crippen molar-refractivity contribution in [3.05, 3.63) is 107 Å². The number of fused-ring (bicyclic) bond motifs is 2. The largest absolute Gasteiger partial charge is 0.467 e. The van der Waals surface area contributed by atoms with Gasteiger partial charge in [-0.15, -0.1) is 0 Å². The predicted octanol–water partition coefficient (Wildman–Crippen LogP) is 5.16. The van der Waals surface area contributed by atoms with Crippen LogP contribution in [0.5, 0.6) is 0 Å². The molecule has 0 spiro atoms. The standard InChI is InChI=1S/C27H23N3O3S/c1-18(20-13-12-19-7-2-3-8-21(19)15-20)28-25(31)17-34-27-29-24-11-5-4-10-23(24)26(32)30(27)16-22-9-6-14-33-22/h2-15,18H,16-17H2,1H3,(H,28,31). The number of rotatable bonds is 7. The van der Waals surface area contributed by atoms with E-state index in [0.29, 0.717) is 21.8 Å². The lowest BCUT2D eigenvalue weighted by Gasteiger charge is -2.16. The van der Waals surface area contributed by atoms with Gasteiger partial charge in [-0.25, -0.2) is 4.98 Å². The predicted molar refractivity (Wildman–Crippen MR) is 135 cm³/mol. The minimum Gasteiger partial charge on any atom is -0.467 e. The van der Waals surface area contributed by atoms with Gasteiger partial charge in [0.1, 0.15) is 5.76 Å². The van der Waals surface area contributed by atoms with Crippen molar-refractivity contribution in [3.8, 4) is 0 Å². The Morgan fingerprint density at radius 1 is 1.03 bits per heavy atom. The van der Waals surface area contributed by atoms with Gasteiger partial charge in [0.05, 0.1) is 35.5 Å². The van der Waals surface area contributed by atoms with Crippen molar-refractivity contribution in [3.63, 3.8) is 0 Å². The van der Waals surface area contributed by atoms with Crippen LogP contribution in [0.25, 0.3) is 21.7 Å². The minimum absolute atomic E-state index is 0.127. The first-order chi connectivity index (χ1) is 16.6. The van der Waals surface area contributed by atoms with E-state index in [1.165, 1.54) is 11.8 Å². The van der Waals surface area contributed by atoms with Crippen molar-refractivity contribution in [2.45, 2.75) is 24.7 Å². The molecule has 7 heteroatoms. The summed E-state index contributed by atoms with van der Waals surface area (Å²) in [4.78, 5) is 30.6. The lowest BCUT2D eigenvalue weighted by atomic mass is 10.0. The number of amides is 1. The van der Waals surface area contributed by atoms with Crippen LogP contribution in [-0.2, 0) is 11.3 Å². The van der Waals surface area contributed by atoms with Crippen LogP contribution in [0.1, 0.15) is 24.3 Å². The van der Waals surface area contributed by atoms with Gasteiger partial charge in [0.2, 0.25) is 5.91 Å². The zero-order valence-electron chi connectivity index (χ0n) is 18.6. The summed E-state index contributed by atoms with van der Waals surface area (Å²) in [7, 11) is 0. The number of carbonyl (C=O) groups is 1. The summed E-state index contributed by atoms with van der Waals surface area (Å²) in [5.74, 6) is 0.661. The third kappa shape index (κ3) is 4.61. The average molecular weight is 470 g/mol. The van der Waals surface area contributed by atoms with E-state index in [-0.39, 0.29) is 29.8 Å². The molecule has 1 unspecified atom stereocenters. The van der Waals surface area contributed by atoms with Crippen molar-refractivity contribution in [2.75, 3.05) is 5.75 Å². The number of thioether (sulfide) groups is 1. The zero-order valence-corrected chi connectivity index (χ0v) is 19.4. The molecule has 0 radical (unpaired) electrons. The molecular formula is C27H23N3O3S. The van der Waals surface area contributed by atoms with Crippen molar-refractivity contribution >= 4 is 39.3 Å². The van der Waals surface area contributed by atoms with E-state index >= 15 is 0 Å². The average Bonchev–Trinajstić information content (AvgIpc) is 3.38. The van der Waals surface area contributed by atoms with Crippen molar-refractivity contribution < 1.29 is 9.21 Å². The second-order valence-electron chi connectivity index (χ2n) is 8.07. The highest BCUT2D eigenvalue weighted by molar-refractivity contribution is 7.99. The Balaban J connectivity index is 1.34. The van der Waals surface area contributed by atoms with Crippen molar-refractivity contribution in [2.24, 2.45) is 0 Å². The quantitative estimate of drug-likeness (QED) is 0.263. The van der Waals surface area contributed by atoms with E-state index in [1.54, 1.807) is 29.0 Å². The highest BCUT2D eigenvalue weighted by atomic mass is 32.2. The number of hydrogen-bond donors (Lipinski definition) is 1. The van der Waals surface area contributed by atoms with E-state index in [2.05, 4.69) is 34.6 Å². The summed E-state index contributed by atoms with van der Waals surface area (Å²) in [5.41, 5.74) is 1.49. The van der Waals surface area contributed by atoms with Crippen LogP contribution in [0, 0.1) is 0 Å². The van der Waals surface area contributed by atoms with E-state index in [4.69, 9.17) is 4.42 Å². The molecule has 0 aliphatic heterocycles. The van der Waals surface area contributed by atoms with Crippen LogP contribution in [0.3, 0.4) is 0 Å². The number of carbonyl (C=O) groups excluding carboxylic acids is 1. The fourth-order valence-electron chi connectivity index (χ4n) is 3.93. The van der Waals surface area contributed by atoms with Crippen molar-refractivity contribution in [1.82, 2.24) is 14.9 Å². The van der Waals surface area contributed by atoms with E-state index < -0.39 is 0 Å². The molecule has 34 heavy (non-hydrogen) atoms. The first-order valence-electron chi connectivity index (χ1n) is 11.0. The van der Waals surface area contributed by atoms with Crippen LogP contribution in [0.4, 0.5) is 0 Å². The lowest BCUT2D eigenvalue weighted by Crippen LogP contribution is -2.29. The van der Waals surface area contributed by atoms with E-state index in [1.807, 2.05) is 43.3 Å². The van der Waals surface area contributed by atoms with E-state index in [9.17, 15) is 9.59 Å². The molecule has 0 fully saturated rings. The topological polar surface area (TPSA) is 77.1 Å². The number of nitrogens with one attached hydrogen (secondary N) is 1. The Morgan fingerprint density at radius 3 is 2.65 bits per heavy atom. The number of para-hydroxylation sites is 1. The Morgan fingerprint density at radius 2 is 1.82 bits per heavy atom. The monoisotopic (exact) mass is 469 g/mol. The second kappa shape index (κ2) is 9.57. The van der Waals surface area contributed by atoms with Crippen LogP contribution in [0.2, 0.25) is 0 Å². The zero-order chi connectivity index (χ0) is 23.5. The Hall–Kier alpha value is -3.84. The fraction of sp³-hybridized carbons (Fsp3) is 0.148. The second-order valence-corrected chi connectivity index (χ2v) is 9.01. The molecular weight excluding hydrogens is 446 g/mol. The number of aromatic nitrogens is 2. The summed E-state index contributed by atoms with van der Waals surface area (Å²) >= 11 is 1.24. The SMILES string of the molecule is CC(NC(=O)CSc1nc2ccccc2c(=O)n1Cc1ccco1)c1ccc2ccccc2c1. The smallest absolute Gasteiger partial charge is 0.262 e. The Labute approximate surface area is 200 Å². The van der Waals surface area contributed by atoms with Gasteiger partial charge in [-0.1, -0.05) is 60.3 Å². The maximum absolute atomic E-state index is 13.2. The molecule has 0 saturated carbocycles. The molecule has 1 atom stereocenters. The first-order valence-corrected chi connectivity index (χ1v) is 12.0. The molecule has 0 aliphatic carbocycles. The molecule has 5 aromatic rings. The van der Waals surface area contributed by atoms with E-state index in [0.717, 1.165) is 16.3 Å². The van der Waals surface area contributed by atoms with Crippen molar-refractivity contribution in [1.29, 1.82) is 0 Å². The molecule has 6 nitrogen and oxygen atoms in total. The Bertz CT molecular complexity index is 1530. The van der Waals surface area contributed by atoms with Crippen LogP contribution in [0.15, 0.2) is 99.5 Å². The maximum Gasteiger partial charge on any atom is 0.262 e. The van der Waals surface area contributed by atoms with Gasteiger partial charge >= 0.3 is 0 Å². The molecule has 1 amide bonds. The van der Waals surface area contributed by atoms with Gasteiger partial charge in [0, 0.05) is 0 Å². The molecule has 0 saturated heterocycles. The molecule has 5 rings (SSSR count). The molecule has 3 aromatic carbocycles. The Kier molecular flexibility index (Phi) is 6.18. The summed E-state index contributed by atoms with van der Waals surface area (Å²) < 4.78 is 7.00. The van der Waals surface area contributed by atoms with Crippen LogP contribution in [-0.4, -0.2) is 21.2 Å². The molecule has 0 aliphatic rings. The van der Waals surface area contributed by atoms with Gasteiger partial charge in [-0.3, -0.25) is 14.2 Å². The molecule has 1 N–H and O–H groups in total. The maximum atomic E-state index is 13.2. The summed E-state index contributed by atoms with van der Waals surface area (Å²) in [6.45, 7) is 2.22. The number of benzene rings is 3. The lowest BCUT2D eigenvalue weighted by molar-refractivity contribution is -0.119. The molecule has 0 bridgehead atoms. The summed E-state index contributed by atoms with van der Waals surface area (Å²) in [5, 5.41) is 6.37. The minimum atomic E-state index is -0.158. The normalized spacial score (nSPS) is 12.1. The molecule has 2 heterocycles. The summed E-state index contributed by atoms with van der Waals surface area (Å²) in [6.07, 6.45) is 1.57. The summed E-state index contributed by atoms with van der Waals surface area (Å²) in [6, 6.07) is 25.0. The van der Waals surface area contributed by atoms with Gasteiger partial charge < -0.3 is 9.73 Å². The van der Waals surface area contributed by atoms with Gasteiger partial charge in [0.15, 0.2) is 5.16 Å². The van der Waals surface area contributed by atoms with Gasteiger partial charge in [-0.05, 0) is 53.6 Å². The number of furan rings is 1. The molecule has 2 aromatic heterocycles. The van der Waals surface area contributed by atoms with Crippen LogP contribution < -0.4 is 10.9 Å². The number of nitrogens with zero attached hydrogens (tertiary/aromatic N) is 2. The fourth-order valence-corrected chi connectivity index (χ4v) is 4.74. The first kappa shape index (κ1) is 22.0. The van der Waals surface area contributed by atoms with Gasteiger partial charge in [-0.2, -0.15) is 0 Å². The third-order valence-corrected chi connectivity index (χ3v) is 6.68. The number of hydrogen-bond acceptors (Lipinski definition) is 5. The molecule has 170 valence electrons. The highest BCUT2D eigenvalue weighted by Crippen LogP contribution is 2.22. The third-order valence-electron chi connectivity index (χ3n) is 5.70.